The Labute approximate surface area is 202 Å². The zero-order chi connectivity index (χ0) is 25.5. The highest BCUT2D eigenvalue weighted by molar-refractivity contribution is 6.03. The van der Waals surface area contributed by atoms with Crippen LogP contribution in [0.5, 0.6) is 0 Å². The van der Waals surface area contributed by atoms with Crippen LogP contribution >= 0.6 is 0 Å². The molecule has 4 amide bonds. The number of carbonyl (C=O) groups is 4. The van der Waals surface area contributed by atoms with Gasteiger partial charge in [-0.15, -0.1) is 0 Å². The Morgan fingerprint density at radius 2 is 1.86 bits per heavy atom. The Bertz CT molecular complexity index is 1130. The van der Waals surface area contributed by atoms with Crippen LogP contribution in [-0.2, 0) is 20.8 Å². The first-order valence-corrected chi connectivity index (χ1v) is 11.5. The van der Waals surface area contributed by atoms with Crippen molar-refractivity contribution in [2.45, 2.75) is 51.9 Å². The molecule has 1 aliphatic rings. The van der Waals surface area contributed by atoms with Crippen molar-refractivity contribution < 1.29 is 28.8 Å². The van der Waals surface area contributed by atoms with E-state index in [0.29, 0.717) is 59.6 Å². The standard InChI is InChI=1S/C24H30FN5O5/c1-13-19(11-17-16-10-15(25)7-8-18(16)29-23(17)33)28-14(2)22(13)24(34)27-12-21(32)26-9-5-3-4-6-20(31)30-35/h7-8,10,17,28,35H,3-6,9,11-12H2,1-2H3,(H,26,32)(H,27,34)(H,29,33)(H,30,31). The van der Waals surface area contributed by atoms with Gasteiger partial charge in [-0.2, -0.15) is 0 Å². The number of hydroxylamine groups is 1. The minimum absolute atomic E-state index is 0.192. The number of nitrogens with one attached hydrogen (secondary N) is 5. The number of rotatable bonds is 11. The highest BCUT2D eigenvalue weighted by Crippen LogP contribution is 2.36. The van der Waals surface area contributed by atoms with E-state index < -0.39 is 23.5 Å². The molecule has 6 N–H and O–H groups in total. The van der Waals surface area contributed by atoms with Crippen molar-refractivity contribution >= 4 is 29.3 Å². The maximum absolute atomic E-state index is 13.7. The third-order valence-electron chi connectivity index (χ3n) is 6.08. The second kappa shape index (κ2) is 11.6. The normalized spacial score (nSPS) is 14.3. The molecule has 0 radical (unpaired) electrons. The summed E-state index contributed by atoms with van der Waals surface area (Å²) in [4.78, 5) is 51.3. The SMILES string of the molecule is Cc1[nH]c(CC2C(=O)Nc3ccc(F)cc32)c(C)c1C(=O)NCC(=O)NCCCCCC(=O)NO. The number of halogens is 1. The van der Waals surface area contributed by atoms with Gasteiger partial charge in [-0.25, -0.2) is 9.87 Å². The van der Waals surface area contributed by atoms with Gasteiger partial charge in [0, 0.05) is 36.5 Å². The second-order valence-corrected chi connectivity index (χ2v) is 8.58. The summed E-state index contributed by atoms with van der Waals surface area (Å²) >= 11 is 0. The van der Waals surface area contributed by atoms with E-state index in [0.717, 1.165) is 0 Å². The van der Waals surface area contributed by atoms with Gasteiger partial charge in [0.1, 0.15) is 5.82 Å². The molecule has 2 aromatic rings. The number of amides is 4. The number of aryl methyl sites for hydroxylation is 1. The van der Waals surface area contributed by atoms with Crippen LogP contribution in [0.3, 0.4) is 0 Å². The van der Waals surface area contributed by atoms with Crippen LogP contribution < -0.4 is 21.4 Å². The molecule has 1 atom stereocenters. The summed E-state index contributed by atoms with van der Waals surface area (Å²) in [5.74, 6) is -2.40. The van der Waals surface area contributed by atoms with E-state index in [4.69, 9.17) is 5.21 Å². The van der Waals surface area contributed by atoms with Crippen LogP contribution in [-0.4, -0.2) is 46.9 Å². The van der Waals surface area contributed by atoms with E-state index in [2.05, 4.69) is 20.9 Å². The molecule has 3 rings (SSSR count). The van der Waals surface area contributed by atoms with Gasteiger partial charge >= 0.3 is 0 Å². The van der Waals surface area contributed by atoms with Crippen molar-refractivity contribution in [3.8, 4) is 0 Å². The molecule has 2 heterocycles. The molecular weight excluding hydrogens is 457 g/mol. The van der Waals surface area contributed by atoms with Crippen LogP contribution in [0.2, 0.25) is 0 Å². The lowest BCUT2D eigenvalue weighted by Crippen LogP contribution is -2.37. The predicted molar refractivity (Wildman–Crippen MR) is 125 cm³/mol. The van der Waals surface area contributed by atoms with Gasteiger partial charge in [0.15, 0.2) is 0 Å². The lowest BCUT2D eigenvalue weighted by Gasteiger charge is -2.10. The number of hydrogen-bond acceptors (Lipinski definition) is 5. The number of aromatic nitrogens is 1. The molecular formula is C24H30FN5O5. The summed E-state index contributed by atoms with van der Waals surface area (Å²) in [6.45, 7) is 3.73. The Morgan fingerprint density at radius 1 is 1.09 bits per heavy atom. The van der Waals surface area contributed by atoms with Gasteiger partial charge in [0.05, 0.1) is 18.0 Å². The van der Waals surface area contributed by atoms with E-state index in [9.17, 15) is 23.6 Å². The molecule has 0 aliphatic carbocycles. The third-order valence-corrected chi connectivity index (χ3v) is 6.08. The van der Waals surface area contributed by atoms with Crippen LogP contribution in [0, 0.1) is 19.7 Å². The van der Waals surface area contributed by atoms with E-state index >= 15 is 0 Å². The first-order valence-electron chi connectivity index (χ1n) is 11.5. The molecule has 0 fully saturated rings. The summed E-state index contributed by atoms with van der Waals surface area (Å²) in [7, 11) is 0. The summed E-state index contributed by atoms with van der Waals surface area (Å²) in [5, 5.41) is 16.5. The minimum atomic E-state index is -0.572. The van der Waals surface area contributed by atoms with Crippen molar-refractivity contribution in [1.82, 2.24) is 21.1 Å². The fourth-order valence-corrected chi connectivity index (χ4v) is 4.25. The predicted octanol–water partition coefficient (Wildman–Crippen LogP) is 1.96. The van der Waals surface area contributed by atoms with E-state index in [1.54, 1.807) is 19.3 Å². The van der Waals surface area contributed by atoms with E-state index in [1.165, 1.54) is 18.2 Å². The first kappa shape index (κ1) is 25.9. The summed E-state index contributed by atoms with van der Waals surface area (Å²) < 4.78 is 13.7. The molecule has 1 aromatic heterocycles. The Morgan fingerprint density at radius 3 is 2.60 bits per heavy atom. The number of carbonyl (C=O) groups excluding carboxylic acids is 4. The Kier molecular flexibility index (Phi) is 8.58. The molecule has 10 nitrogen and oxygen atoms in total. The smallest absolute Gasteiger partial charge is 0.253 e. The third kappa shape index (κ3) is 6.44. The number of hydrogen-bond donors (Lipinski definition) is 6. The van der Waals surface area contributed by atoms with Crippen molar-refractivity contribution in [3.63, 3.8) is 0 Å². The molecule has 0 saturated heterocycles. The number of H-pyrrole nitrogens is 1. The highest BCUT2D eigenvalue weighted by Gasteiger charge is 2.32. The van der Waals surface area contributed by atoms with Crippen molar-refractivity contribution in [2.75, 3.05) is 18.4 Å². The molecule has 1 unspecified atom stereocenters. The fourth-order valence-electron chi connectivity index (χ4n) is 4.25. The van der Waals surface area contributed by atoms with E-state index in [1.807, 2.05) is 0 Å². The van der Waals surface area contributed by atoms with Gasteiger partial charge in [0.25, 0.3) is 5.91 Å². The quantitative estimate of drug-likeness (QED) is 0.163. The average Bonchev–Trinajstić information content (AvgIpc) is 3.28. The average molecular weight is 488 g/mol. The topological polar surface area (TPSA) is 152 Å². The van der Waals surface area contributed by atoms with Gasteiger partial charge in [-0.1, -0.05) is 6.42 Å². The molecule has 0 spiro atoms. The monoisotopic (exact) mass is 487 g/mol. The molecule has 1 aliphatic heterocycles. The van der Waals surface area contributed by atoms with Crippen molar-refractivity contribution in [1.29, 1.82) is 0 Å². The molecule has 188 valence electrons. The molecule has 35 heavy (non-hydrogen) atoms. The number of unbranched alkanes of at least 4 members (excludes halogenated alkanes) is 2. The lowest BCUT2D eigenvalue weighted by molar-refractivity contribution is -0.129. The zero-order valence-corrected chi connectivity index (χ0v) is 19.7. The van der Waals surface area contributed by atoms with Crippen LogP contribution in [0.25, 0.3) is 0 Å². The summed E-state index contributed by atoms with van der Waals surface area (Å²) in [6.07, 6.45) is 2.46. The first-order chi connectivity index (χ1) is 16.7. The zero-order valence-electron chi connectivity index (χ0n) is 19.7. The maximum atomic E-state index is 13.7. The van der Waals surface area contributed by atoms with E-state index in [-0.39, 0.29) is 31.2 Å². The Hall–Kier alpha value is -3.73. The Balaban J connectivity index is 1.51. The molecule has 11 heteroatoms. The van der Waals surface area contributed by atoms with Crippen LogP contribution in [0.4, 0.5) is 10.1 Å². The van der Waals surface area contributed by atoms with Gasteiger partial charge in [-0.3, -0.25) is 24.4 Å². The highest BCUT2D eigenvalue weighted by atomic mass is 19.1. The van der Waals surface area contributed by atoms with Gasteiger partial charge < -0.3 is 20.9 Å². The molecule has 1 aromatic carbocycles. The number of fused-ring (bicyclic) bond motifs is 1. The summed E-state index contributed by atoms with van der Waals surface area (Å²) in [5.41, 5.74) is 5.13. The largest absolute Gasteiger partial charge is 0.362 e. The lowest BCUT2D eigenvalue weighted by atomic mass is 9.94. The molecule has 0 saturated carbocycles. The maximum Gasteiger partial charge on any atom is 0.253 e. The number of benzene rings is 1. The molecule has 0 bridgehead atoms. The fraction of sp³-hybridized carbons (Fsp3) is 0.417. The van der Waals surface area contributed by atoms with Crippen LogP contribution in [0.15, 0.2) is 18.2 Å². The van der Waals surface area contributed by atoms with Crippen LogP contribution in [0.1, 0.15) is 64.5 Å². The van der Waals surface area contributed by atoms with Crippen molar-refractivity contribution in [3.05, 3.63) is 52.1 Å². The minimum Gasteiger partial charge on any atom is -0.362 e. The second-order valence-electron chi connectivity index (χ2n) is 8.58. The number of aromatic amines is 1. The van der Waals surface area contributed by atoms with Gasteiger partial charge in [0.2, 0.25) is 17.7 Å². The van der Waals surface area contributed by atoms with Gasteiger partial charge in [-0.05, 0) is 56.0 Å². The summed E-state index contributed by atoms with van der Waals surface area (Å²) in [6, 6.07) is 4.18. The van der Waals surface area contributed by atoms with Crippen molar-refractivity contribution in [2.24, 2.45) is 0 Å². The number of anilines is 1.